The van der Waals surface area contributed by atoms with Crippen LogP contribution >= 0.6 is 0 Å². The van der Waals surface area contributed by atoms with Gasteiger partial charge < -0.3 is 14.9 Å². The summed E-state index contributed by atoms with van der Waals surface area (Å²) in [5, 5.41) is 20.0. The van der Waals surface area contributed by atoms with Gasteiger partial charge in [0.05, 0.1) is 24.4 Å². The largest absolute Gasteiger partial charge is 0.393 e. The first kappa shape index (κ1) is 32.9. The van der Waals surface area contributed by atoms with E-state index < -0.39 is 0 Å². The first-order valence-electron chi connectivity index (χ1n) is 15.0. The van der Waals surface area contributed by atoms with Crippen molar-refractivity contribution in [2.75, 3.05) is 0 Å². The van der Waals surface area contributed by atoms with Crippen LogP contribution < -0.4 is 0 Å². The molecular formula is C30H62O3. The van der Waals surface area contributed by atoms with E-state index >= 15 is 0 Å². The van der Waals surface area contributed by atoms with Crippen LogP contribution in [0, 0.1) is 0 Å². The summed E-state index contributed by atoms with van der Waals surface area (Å²) in [6.45, 7) is 8.29. The van der Waals surface area contributed by atoms with Gasteiger partial charge >= 0.3 is 0 Å². The molecule has 0 aliphatic rings. The molecule has 0 rings (SSSR count). The molecule has 2 N–H and O–H groups in total. The van der Waals surface area contributed by atoms with Gasteiger partial charge in [-0.15, -0.1) is 0 Å². The molecule has 0 amide bonds. The van der Waals surface area contributed by atoms with Crippen LogP contribution in [0.25, 0.3) is 0 Å². The van der Waals surface area contributed by atoms with Gasteiger partial charge in [-0.2, -0.15) is 0 Å². The number of ether oxygens (including phenoxy) is 1. The van der Waals surface area contributed by atoms with E-state index in [-0.39, 0.29) is 24.4 Å². The predicted octanol–water partition coefficient (Wildman–Crippen LogP) is 9.12. The van der Waals surface area contributed by atoms with Gasteiger partial charge in [-0.25, -0.2) is 0 Å². The van der Waals surface area contributed by atoms with Gasteiger partial charge in [0.25, 0.3) is 0 Å². The Bertz CT molecular complexity index is 336. The smallest absolute Gasteiger partial charge is 0.0603 e. The van der Waals surface area contributed by atoms with E-state index in [4.69, 9.17) is 4.74 Å². The molecule has 4 unspecified atom stereocenters. The molecule has 33 heavy (non-hydrogen) atoms. The molecule has 0 saturated carbocycles. The number of aliphatic hydroxyl groups is 2. The Kier molecular flexibility index (Phi) is 24.9. The molecule has 0 spiro atoms. The molecule has 0 aromatic carbocycles. The molecule has 0 aliphatic heterocycles. The second kappa shape index (κ2) is 25.0. The summed E-state index contributed by atoms with van der Waals surface area (Å²) in [6, 6.07) is 0. The Balaban J connectivity index is 4.16. The van der Waals surface area contributed by atoms with E-state index in [0.29, 0.717) is 12.8 Å². The molecule has 0 saturated heterocycles. The quantitative estimate of drug-likeness (QED) is 0.124. The lowest BCUT2D eigenvalue weighted by Gasteiger charge is -2.27. The van der Waals surface area contributed by atoms with Crippen LogP contribution in [0.3, 0.4) is 0 Å². The van der Waals surface area contributed by atoms with Crippen LogP contribution in [-0.4, -0.2) is 34.6 Å². The molecule has 3 heteroatoms. The number of hydrogen-bond acceptors (Lipinski definition) is 3. The fourth-order valence-electron chi connectivity index (χ4n) is 4.88. The second-order valence-corrected chi connectivity index (χ2v) is 10.8. The van der Waals surface area contributed by atoms with Crippen LogP contribution in [0.1, 0.15) is 169 Å². The molecule has 0 heterocycles. The average molecular weight is 471 g/mol. The van der Waals surface area contributed by atoms with Gasteiger partial charge in [-0.05, 0) is 39.5 Å². The molecule has 0 radical (unpaired) electrons. The zero-order chi connectivity index (χ0) is 24.6. The standard InChI is InChI=1S/C30H62O3/c1-5-7-9-11-13-15-17-19-21-23-29(25-27(3)31)33-30(26-28(4)32)24-22-20-18-16-14-12-10-8-6-2/h27-32H,5-26H2,1-4H3. The Morgan fingerprint density at radius 3 is 1.00 bits per heavy atom. The van der Waals surface area contributed by atoms with Crippen molar-refractivity contribution in [2.24, 2.45) is 0 Å². The van der Waals surface area contributed by atoms with Crippen molar-refractivity contribution in [3.8, 4) is 0 Å². The first-order valence-corrected chi connectivity index (χ1v) is 15.0. The topological polar surface area (TPSA) is 49.7 Å². The number of unbranched alkanes of at least 4 members (excludes halogenated alkanes) is 16. The van der Waals surface area contributed by atoms with Crippen LogP contribution in [-0.2, 0) is 4.74 Å². The highest BCUT2D eigenvalue weighted by atomic mass is 16.5. The van der Waals surface area contributed by atoms with Crippen LogP contribution in [0.2, 0.25) is 0 Å². The average Bonchev–Trinajstić information content (AvgIpc) is 2.75. The minimum atomic E-state index is -0.325. The minimum Gasteiger partial charge on any atom is -0.393 e. The second-order valence-electron chi connectivity index (χ2n) is 10.8. The van der Waals surface area contributed by atoms with Gasteiger partial charge in [-0.1, -0.05) is 129 Å². The highest BCUT2D eigenvalue weighted by Crippen LogP contribution is 2.21. The van der Waals surface area contributed by atoms with E-state index in [1.807, 2.05) is 13.8 Å². The summed E-state index contributed by atoms with van der Waals surface area (Å²) in [5.41, 5.74) is 0. The lowest BCUT2D eigenvalue weighted by atomic mass is 10.0. The lowest BCUT2D eigenvalue weighted by molar-refractivity contribution is -0.0583. The molecule has 0 bridgehead atoms. The fourth-order valence-corrected chi connectivity index (χ4v) is 4.88. The molecule has 200 valence electrons. The van der Waals surface area contributed by atoms with Crippen molar-refractivity contribution >= 4 is 0 Å². The van der Waals surface area contributed by atoms with Crippen LogP contribution in [0.15, 0.2) is 0 Å². The van der Waals surface area contributed by atoms with Gasteiger partial charge in [-0.3, -0.25) is 0 Å². The Labute approximate surface area is 208 Å². The molecule has 0 fully saturated rings. The predicted molar refractivity (Wildman–Crippen MR) is 145 cm³/mol. The summed E-state index contributed by atoms with van der Waals surface area (Å²) in [4.78, 5) is 0. The Morgan fingerprint density at radius 2 is 0.727 bits per heavy atom. The monoisotopic (exact) mass is 470 g/mol. The third kappa shape index (κ3) is 24.8. The summed E-state index contributed by atoms with van der Waals surface area (Å²) in [5.74, 6) is 0. The number of rotatable bonds is 26. The molecule has 3 nitrogen and oxygen atoms in total. The lowest BCUT2D eigenvalue weighted by Crippen LogP contribution is -2.28. The van der Waals surface area contributed by atoms with Crippen molar-refractivity contribution in [3.63, 3.8) is 0 Å². The Hall–Kier alpha value is -0.120. The van der Waals surface area contributed by atoms with Crippen molar-refractivity contribution in [1.29, 1.82) is 0 Å². The summed E-state index contributed by atoms with van der Waals surface area (Å²) >= 11 is 0. The van der Waals surface area contributed by atoms with E-state index in [1.165, 1.54) is 116 Å². The van der Waals surface area contributed by atoms with Gasteiger partial charge in [0, 0.05) is 0 Å². The normalized spacial score (nSPS) is 15.5. The third-order valence-corrected chi connectivity index (χ3v) is 6.85. The fraction of sp³-hybridized carbons (Fsp3) is 1.00. The zero-order valence-corrected chi connectivity index (χ0v) is 23.2. The van der Waals surface area contributed by atoms with Crippen molar-refractivity contribution in [2.45, 2.75) is 193 Å². The summed E-state index contributed by atoms with van der Waals surface area (Å²) in [7, 11) is 0. The van der Waals surface area contributed by atoms with Gasteiger partial charge in [0.15, 0.2) is 0 Å². The van der Waals surface area contributed by atoms with Gasteiger partial charge in [0.1, 0.15) is 0 Å². The van der Waals surface area contributed by atoms with Crippen LogP contribution in [0.4, 0.5) is 0 Å². The van der Waals surface area contributed by atoms with E-state index in [9.17, 15) is 10.2 Å². The maximum Gasteiger partial charge on any atom is 0.0603 e. The van der Waals surface area contributed by atoms with E-state index in [2.05, 4.69) is 13.8 Å². The third-order valence-electron chi connectivity index (χ3n) is 6.85. The van der Waals surface area contributed by atoms with E-state index in [1.54, 1.807) is 0 Å². The van der Waals surface area contributed by atoms with Crippen LogP contribution in [0.5, 0.6) is 0 Å². The molecule has 0 aromatic rings. The maximum atomic E-state index is 9.98. The summed E-state index contributed by atoms with van der Waals surface area (Å²) in [6.07, 6.45) is 27.1. The molecule has 4 atom stereocenters. The van der Waals surface area contributed by atoms with Gasteiger partial charge in [0.2, 0.25) is 0 Å². The van der Waals surface area contributed by atoms with Crippen molar-refractivity contribution in [1.82, 2.24) is 0 Å². The molecular weight excluding hydrogens is 408 g/mol. The van der Waals surface area contributed by atoms with Crippen molar-refractivity contribution < 1.29 is 14.9 Å². The molecule has 0 aromatic heterocycles. The highest BCUT2D eigenvalue weighted by molar-refractivity contribution is 4.69. The minimum absolute atomic E-state index is 0.122. The number of hydrogen-bond donors (Lipinski definition) is 2. The first-order chi connectivity index (χ1) is 16.0. The SMILES string of the molecule is CCCCCCCCCCCC(CC(C)O)OC(CCCCCCCCCCC)CC(C)O. The van der Waals surface area contributed by atoms with E-state index in [0.717, 1.165) is 12.8 Å². The molecule has 0 aliphatic carbocycles. The zero-order valence-electron chi connectivity index (χ0n) is 23.2. The Morgan fingerprint density at radius 1 is 0.455 bits per heavy atom. The number of aliphatic hydroxyl groups excluding tert-OH is 2. The highest BCUT2D eigenvalue weighted by Gasteiger charge is 2.20. The summed E-state index contributed by atoms with van der Waals surface area (Å²) < 4.78 is 6.50. The van der Waals surface area contributed by atoms with Crippen molar-refractivity contribution in [3.05, 3.63) is 0 Å². The maximum absolute atomic E-state index is 9.98.